The molecule has 0 atom stereocenters. The van der Waals surface area contributed by atoms with Crippen LogP contribution in [0.25, 0.3) is 21.7 Å². The lowest BCUT2D eigenvalue weighted by atomic mass is 10.1. The fourth-order valence-corrected chi connectivity index (χ4v) is 3.77. The Morgan fingerprint density at radius 1 is 1.03 bits per heavy atom. The Morgan fingerprint density at radius 3 is 2.72 bits per heavy atom. The van der Waals surface area contributed by atoms with Crippen molar-refractivity contribution in [1.82, 2.24) is 24.1 Å². The van der Waals surface area contributed by atoms with Gasteiger partial charge in [0.25, 0.3) is 5.56 Å². The Balaban J connectivity index is 1.46. The fraction of sp³-hybridized carbons (Fsp3) is 0.130. The van der Waals surface area contributed by atoms with Crippen molar-refractivity contribution in [3.63, 3.8) is 0 Å². The second kappa shape index (κ2) is 7.69. The van der Waals surface area contributed by atoms with Crippen LogP contribution in [0, 0.1) is 0 Å². The van der Waals surface area contributed by atoms with Gasteiger partial charge in [0.05, 0.1) is 22.8 Å². The Morgan fingerprint density at radius 2 is 1.91 bits per heavy atom. The Kier molecular flexibility index (Phi) is 4.70. The minimum atomic E-state index is -0.322. The summed E-state index contributed by atoms with van der Waals surface area (Å²) in [6, 6.07) is 15.1. The average molecular weight is 427 g/mol. The third-order valence-electron chi connectivity index (χ3n) is 5.33. The SMILES string of the molecule is Cn1ccc(NC(=O)Cn2ccc3cccc(Nc4ccc5c(cnn5C)c4)c3c2=O)n1. The molecule has 2 N–H and O–H groups in total. The summed E-state index contributed by atoms with van der Waals surface area (Å²) in [5, 5.41) is 16.8. The molecule has 160 valence electrons. The lowest BCUT2D eigenvalue weighted by Crippen LogP contribution is -2.27. The van der Waals surface area contributed by atoms with Gasteiger partial charge in [0, 0.05) is 43.6 Å². The van der Waals surface area contributed by atoms with Crippen LogP contribution in [0.1, 0.15) is 0 Å². The first-order valence-corrected chi connectivity index (χ1v) is 10.1. The molecule has 9 heteroatoms. The minimum absolute atomic E-state index is 0.110. The summed E-state index contributed by atoms with van der Waals surface area (Å²) in [5.41, 5.74) is 2.30. The smallest absolute Gasteiger partial charge is 0.261 e. The van der Waals surface area contributed by atoms with Gasteiger partial charge in [-0.25, -0.2) is 0 Å². The van der Waals surface area contributed by atoms with Gasteiger partial charge >= 0.3 is 0 Å². The molecule has 0 bridgehead atoms. The van der Waals surface area contributed by atoms with Crippen molar-refractivity contribution < 1.29 is 4.79 Å². The van der Waals surface area contributed by atoms with Crippen molar-refractivity contribution in [2.24, 2.45) is 14.1 Å². The molecular formula is C23H21N7O2. The summed E-state index contributed by atoms with van der Waals surface area (Å²) in [4.78, 5) is 25.7. The van der Waals surface area contributed by atoms with Gasteiger partial charge in [0.15, 0.2) is 5.82 Å². The van der Waals surface area contributed by atoms with Crippen LogP contribution >= 0.6 is 0 Å². The van der Waals surface area contributed by atoms with Crippen LogP contribution in [0.15, 0.2) is 71.9 Å². The van der Waals surface area contributed by atoms with E-state index in [9.17, 15) is 9.59 Å². The van der Waals surface area contributed by atoms with E-state index in [0.717, 1.165) is 22.0 Å². The maximum Gasteiger partial charge on any atom is 0.261 e. The number of carbonyl (C=O) groups excluding carboxylic acids is 1. The van der Waals surface area contributed by atoms with Crippen LogP contribution in [0.5, 0.6) is 0 Å². The third-order valence-corrected chi connectivity index (χ3v) is 5.33. The number of hydrogen-bond donors (Lipinski definition) is 2. The average Bonchev–Trinajstić information content (AvgIpc) is 3.35. The van der Waals surface area contributed by atoms with Crippen molar-refractivity contribution >= 4 is 44.8 Å². The topological polar surface area (TPSA) is 98.8 Å². The number of pyridine rings is 1. The maximum absolute atomic E-state index is 13.3. The molecule has 0 aliphatic carbocycles. The second-order valence-electron chi connectivity index (χ2n) is 7.61. The molecule has 1 amide bonds. The summed E-state index contributed by atoms with van der Waals surface area (Å²) in [7, 11) is 3.66. The number of carbonyl (C=O) groups is 1. The number of nitrogens with zero attached hydrogens (tertiary/aromatic N) is 5. The summed E-state index contributed by atoms with van der Waals surface area (Å²) < 4.78 is 4.81. The van der Waals surface area contributed by atoms with Crippen LogP contribution in [-0.2, 0) is 25.4 Å². The zero-order valence-corrected chi connectivity index (χ0v) is 17.6. The number of fused-ring (bicyclic) bond motifs is 2. The zero-order chi connectivity index (χ0) is 22.2. The van der Waals surface area contributed by atoms with E-state index in [-0.39, 0.29) is 18.0 Å². The van der Waals surface area contributed by atoms with Crippen LogP contribution in [0.2, 0.25) is 0 Å². The first kappa shape index (κ1) is 19.6. The van der Waals surface area contributed by atoms with Crippen molar-refractivity contribution in [2.45, 2.75) is 6.54 Å². The zero-order valence-electron chi connectivity index (χ0n) is 17.6. The van der Waals surface area contributed by atoms with Gasteiger partial charge in [-0.05, 0) is 35.7 Å². The van der Waals surface area contributed by atoms with Crippen molar-refractivity contribution in [1.29, 1.82) is 0 Å². The molecule has 2 aromatic carbocycles. The molecule has 5 rings (SSSR count). The number of benzene rings is 2. The van der Waals surface area contributed by atoms with E-state index in [1.54, 1.807) is 36.4 Å². The van der Waals surface area contributed by atoms with Crippen molar-refractivity contribution in [3.05, 3.63) is 77.5 Å². The van der Waals surface area contributed by atoms with E-state index < -0.39 is 0 Å². The van der Waals surface area contributed by atoms with Gasteiger partial charge in [0.2, 0.25) is 5.91 Å². The Labute approximate surface area is 182 Å². The monoisotopic (exact) mass is 427 g/mol. The molecule has 32 heavy (non-hydrogen) atoms. The lowest BCUT2D eigenvalue weighted by molar-refractivity contribution is -0.116. The van der Waals surface area contributed by atoms with Gasteiger partial charge in [-0.2, -0.15) is 10.2 Å². The number of anilines is 3. The molecule has 5 aromatic rings. The molecule has 3 heterocycles. The number of hydrogen-bond acceptors (Lipinski definition) is 5. The van der Waals surface area contributed by atoms with E-state index in [1.165, 1.54) is 4.57 Å². The third kappa shape index (κ3) is 3.60. The van der Waals surface area contributed by atoms with Crippen LogP contribution in [-0.4, -0.2) is 30.0 Å². The summed E-state index contributed by atoms with van der Waals surface area (Å²) in [5.74, 6) is 0.122. The maximum atomic E-state index is 13.3. The first-order valence-electron chi connectivity index (χ1n) is 10.1. The van der Waals surface area contributed by atoms with Crippen LogP contribution in [0.3, 0.4) is 0 Å². The largest absolute Gasteiger partial charge is 0.355 e. The highest BCUT2D eigenvalue weighted by molar-refractivity contribution is 5.96. The molecule has 9 nitrogen and oxygen atoms in total. The van der Waals surface area contributed by atoms with Gasteiger partial charge in [-0.3, -0.25) is 19.0 Å². The highest BCUT2D eigenvalue weighted by Gasteiger charge is 2.12. The molecular weight excluding hydrogens is 406 g/mol. The van der Waals surface area contributed by atoms with E-state index in [4.69, 9.17) is 0 Å². The van der Waals surface area contributed by atoms with Gasteiger partial charge in [0.1, 0.15) is 6.54 Å². The number of aromatic nitrogens is 5. The predicted octanol–water partition coefficient (Wildman–Crippen LogP) is 3.00. The van der Waals surface area contributed by atoms with Gasteiger partial charge in [-0.15, -0.1) is 0 Å². The number of nitrogens with one attached hydrogen (secondary N) is 2. The Hall–Kier alpha value is -4.40. The molecule has 0 fully saturated rings. The molecule has 0 radical (unpaired) electrons. The predicted molar refractivity (Wildman–Crippen MR) is 124 cm³/mol. The minimum Gasteiger partial charge on any atom is -0.355 e. The van der Waals surface area contributed by atoms with E-state index in [1.807, 2.05) is 54.2 Å². The normalized spacial score (nSPS) is 11.2. The van der Waals surface area contributed by atoms with Gasteiger partial charge < -0.3 is 15.2 Å². The van der Waals surface area contributed by atoms with Crippen molar-refractivity contribution in [3.8, 4) is 0 Å². The van der Waals surface area contributed by atoms with E-state index >= 15 is 0 Å². The van der Waals surface area contributed by atoms with E-state index in [0.29, 0.717) is 16.9 Å². The number of aryl methyl sites for hydroxylation is 2. The molecule has 3 aromatic heterocycles. The lowest BCUT2D eigenvalue weighted by Gasteiger charge is -2.12. The fourth-order valence-electron chi connectivity index (χ4n) is 3.77. The van der Waals surface area contributed by atoms with Crippen LogP contribution < -0.4 is 16.2 Å². The molecule has 0 spiro atoms. The summed E-state index contributed by atoms with van der Waals surface area (Å²) in [6.07, 6.45) is 5.17. The highest BCUT2D eigenvalue weighted by Crippen LogP contribution is 2.26. The van der Waals surface area contributed by atoms with Crippen LogP contribution in [0.4, 0.5) is 17.2 Å². The molecule has 0 aliphatic heterocycles. The molecule has 0 saturated heterocycles. The molecule has 0 unspecified atom stereocenters. The quantitative estimate of drug-likeness (QED) is 0.449. The summed E-state index contributed by atoms with van der Waals surface area (Å²) in [6.45, 7) is -0.110. The highest BCUT2D eigenvalue weighted by atomic mass is 16.2. The second-order valence-corrected chi connectivity index (χ2v) is 7.61. The standard InChI is InChI=1S/C23H21N7O2/c1-28-10-9-20(27-28)26-21(31)14-30-11-8-15-4-3-5-18(22(15)23(30)32)25-17-6-7-19-16(12-17)13-24-29(19)2/h3-13,25H,14H2,1-2H3,(H,26,27,31). The number of rotatable bonds is 5. The summed E-state index contributed by atoms with van der Waals surface area (Å²) >= 11 is 0. The van der Waals surface area contributed by atoms with Gasteiger partial charge in [-0.1, -0.05) is 12.1 Å². The molecule has 0 aliphatic rings. The van der Waals surface area contributed by atoms with E-state index in [2.05, 4.69) is 20.8 Å². The Bertz CT molecular complexity index is 1530. The molecule has 0 saturated carbocycles. The van der Waals surface area contributed by atoms with Crippen molar-refractivity contribution in [2.75, 3.05) is 10.6 Å². The first-order chi connectivity index (χ1) is 15.5. The number of amides is 1.